The Morgan fingerprint density at radius 1 is 1.55 bits per heavy atom. The summed E-state index contributed by atoms with van der Waals surface area (Å²) in [7, 11) is 3.93. The minimum absolute atomic E-state index is 0.345. The highest BCUT2D eigenvalue weighted by Crippen LogP contribution is 2.15. The molecule has 0 aliphatic rings. The maximum absolute atomic E-state index is 9.31. The van der Waals surface area contributed by atoms with E-state index in [0.717, 1.165) is 12.1 Å². The van der Waals surface area contributed by atoms with Gasteiger partial charge in [0.1, 0.15) is 5.75 Å². The van der Waals surface area contributed by atoms with E-state index in [2.05, 4.69) is 6.07 Å². The summed E-state index contributed by atoms with van der Waals surface area (Å²) in [5.74, 6) is 0.345. The second-order valence-corrected chi connectivity index (χ2v) is 2.79. The Bertz CT molecular complexity index is 233. The molecule has 0 saturated carbocycles. The van der Waals surface area contributed by atoms with Gasteiger partial charge in [-0.3, -0.25) is 0 Å². The van der Waals surface area contributed by atoms with Gasteiger partial charge >= 0.3 is 0 Å². The summed E-state index contributed by atoms with van der Waals surface area (Å²) in [4.78, 5) is 2.00. The van der Waals surface area contributed by atoms with Crippen LogP contribution in [0.25, 0.3) is 0 Å². The largest absolute Gasteiger partial charge is 0.508 e. The summed E-state index contributed by atoms with van der Waals surface area (Å²) in [6.45, 7) is 0.753. The summed E-state index contributed by atoms with van der Waals surface area (Å²) in [6, 6.07) is 8.08. The van der Waals surface area contributed by atoms with Gasteiger partial charge in [-0.05, 0) is 32.3 Å². The van der Waals surface area contributed by atoms with Gasteiger partial charge in [0.25, 0.3) is 0 Å². The first-order valence-electron chi connectivity index (χ1n) is 3.53. The van der Waals surface area contributed by atoms with Crippen LogP contribution in [0, 0.1) is 6.07 Å². The van der Waals surface area contributed by atoms with Gasteiger partial charge in [-0.2, -0.15) is 0 Å². The lowest BCUT2D eigenvalue weighted by Gasteiger charge is -2.09. The highest BCUT2D eigenvalue weighted by molar-refractivity contribution is 5.30. The van der Waals surface area contributed by atoms with Crippen molar-refractivity contribution in [3.63, 3.8) is 0 Å². The molecule has 0 spiro atoms. The number of hydrogen-bond acceptors (Lipinski definition) is 2. The zero-order chi connectivity index (χ0) is 8.27. The average Bonchev–Trinajstić information content (AvgIpc) is 1.93. The fourth-order valence-electron chi connectivity index (χ4n) is 0.924. The maximum atomic E-state index is 9.31. The van der Waals surface area contributed by atoms with Crippen LogP contribution in [0.1, 0.15) is 5.56 Å². The molecule has 11 heavy (non-hydrogen) atoms. The number of phenols is 1. The first-order chi connectivity index (χ1) is 5.20. The molecule has 0 aliphatic carbocycles. The van der Waals surface area contributed by atoms with E-state index in [0.29, 0.717) is 5.75 Å². The van der Waals surface area contributed by atoms with Crippen LogP contribution in [0.4, 0.5) is 0 Å². The van der Waals surface area contributed by atoms with E-state index in [4.69, 9.17) is 0 Å². The van der Waals surface area contributed by atoms with Gasteiger partial charge in [-0.1, -0.05) is 6.07 Å². The monoisotopic (exact) mass is 150 g/mol. The molecule has 0 atom stereocenters. The van der Waals surface area contributed by atoms with Crippen molar-refractivity contribution in [3.8, 4) is 5.75 Å². The molecule has 0 aliphatic heterocycles. The molecule has 0 heterocycles. The van der Waals surface area contributed by atoms with E-state index >= 15 is 0 Å². The van der Waals surface area contributed by atoms with Gasteiger partial charge in [0, 0.05) is 12.1 Å². The molecule has 1 N–H and O–H groups in total. The third kappa shape index (κ3) is 2.24. The van der Waals surface area contributed by atoms with Crippen molar-refractivity contribution in [2.45, 2.75) is 6.54 Å². The molecule has 0 saturated heterocycles. The number of nitrogens with zero attached hydrogens (tertiary/aromatic N) is 1. The predicted octanol–water partition coefficient (Wildman–Crippen LogP) is 1.25. The average molecular weight is 150 g/mol. The molecule has 2 heteroatoms. The van der Waals surface area contributed by atoms with Gasteiger partial charge in [-0.15, -0.1) is 0 Å². The van der Waals surface area contributed by atoms with Crippen molar-refractivity contribution in [3.05, 3.63) is 29.8 Å². The van der Waals surface area contributed by atoms with Crippen LogP contribution in [-0.4, -0.2) is 24.1 Å². The minimum Gasteiger partial charge on any atom is -0.508 e. The molecule has 0 fully saturated rings. The van der Waals surface area contributed by atoms with Gasteiger partial charge in [-0.25, -0.2) is 0 Å². The van der Waals surface area contributed by atoms with Crippen molar-refractivity contribution >= 4 is 0 Å². The molecular weight excluding hydrogens is 138 g/mol. The Balaban J connectivity index is 2.78. The van der Waals surface area contributed by atoms with E-state index in [9.17, 15) is 5.11 Å². The lowest BCUT2D eigenvalue weighted by atomic mass is 10.2. The smallest absolute Gasteiger partial charge is 0.120 e. The maximum Gasteiger partial charge on any atom is 0.120 e. The minimum atomic E-state index is 0.345. The van der Waals surface area contributed by atoms with Gasteiger partial charge < -0.3 is 10.0 Å². The Kier molecular flexibility index (Phi) is 2.49. The van der Waals surface area contributed by atoms with Crippen LogP contribution in [-0.2, 0) is 6.54 Å². The van der Waals surface area contributed by atoms with Gasteiger partial charge in [0.2, 0.25) is 0 Å². The normalized spacial score (nSPS) is 10.5. The second-order valence-electron chi connectivity index (χ2n) is 2.79. The third-order valence-electron chi connectivity index (χ3n) is 1.41. The van der Waals surface area contributed by atoms with Crippen LogP contribution >= 0.6 is 0 Å². The third-order valence-corrected chi connectivity index (χ3v) is 1.41. The zero-order valence-corrected chi connectivity index (χ0v) is 6.83. The number of benzene rings is 1. The first-order valence-corrected chi connectivity index (χ1v) is 3.53. The van der Waals surface area contributed by atoms with Crippen LogP contribution in [0.5, 0.6) is 5.75 Å². The van der Waals surface area contributed by atoms with Crippen molar-refractivity contribution in [2.75, 3.05) is 14.1 Å². The molecule has 0 unspecified atom stereocenters. The molecule has 59 valence electrons. The van der Waals surface area contributed by atoms with Crippen LogP contribution < -0.4 is 0 Å². The molecule has 0 amide bonds. The molecule has 1 aromatic rings. The fraction of sp³-hybridized carbons (Fsp3) is 0.333. The summed E-state index contributed by atoms with van der Waals surface area (Å²) in [6.07, 6.45) is 0. The molecule has 1 aromatic carbocycles. The topological polar surface area (TPSA) is 23.5 Å². The Morgan fingerprint density at radius 2 is 2.27 bits per heavy atom. The number of rotatable bonds is 2. The molecular formula is C9H12NO. The van der Waals surface area contributed by atoms with Gasteiger partial charge in [0.15, 0.2) is 0 Å². The molecule has 0 bridgehead atoms. The quantitative estimate of drug-likeness (QED) is 0.686. The fourth-order valence-corrected chi connectivity index (χ4v) is 0.924. The van der Waals surface area contributed by atoms with E-state index in [1.807, 2.05) is 19.0 Å². The Hall–Kier alpha value is -1.02. The van der Waals surface area contributed by atoms with Crippen molar-refractivity contribution in [2.24, 2.45) is 0 Å². The Morgan fingerprint density at radius 3 is 2.82 bits per heavy atom. The van der Waals surface area contributed by atoms with Crippen LogP contribution in [0.2, 0.25) is 0 Å². The summed E-state index contributed by atoms with van der Waals surface area (Å²) in [5.41, 5.74) is 0.914. The lowest BCUT2D eigenvalue weighted by Crippen LogP contribution is -2.10. The molecule has 0 aromatic heterocycles. The highest BCUT2D eigenvalue weighted by atomic mass is 16.3. The summed E-state index contributed by atoms with van der Waals surface area (Å²) >= 11 is 0. The molecule has 2 nitrogen and oxygen atoms in total. The number of phenolic OH excluding ortho intramolecular Hbond substituents is 1. The van der Waals surface area contributed by atoms with E-state index < -0.39 is 0 Å². The molecule has 1 radical (unpaired) electrons. The highest BCUT2D eigenvalue weighted by Gasteiger charge is 1.99. The zero-order valence-electron chi connectivity index (χ0n) is 6.83. The van der Waals surface area contributed by atoms with Crippen LogP contribution in [0.15, 0.2) is 18.2 Å². The lowest BCUT2D eigenvalue weighted by molar-refractivity contribution is 0.386. The van der Waals surface area contributed by atoms with E-state index in [1.54, 1.807) is 18.2 Å². The van der Waals surface area contributed by atoms with Crippen molar-refractivity contribution in [1.29, 1.82) is 0 Å². The molecule has 1 rings (SSSR count). The number of aromatic hydroxyl groups is 1. The Labute approximate surface area is 67.1 Å². The first kappa shape index (κ1) is 8.08. The second kappa shape index (κ2) is 3.39. The van der Waals surface area contributed by atoms with E-state index in [1.165, 1.54) is 0 Å². The van der Waals surface area contributed by atoms with Gasteiger partial charge in [0.05, 0.1) is 0 Å². The van der Waals surface area contributed by atoms with Crippen LogP contribution in [0.3, 0.4) is 0 Å². The summed E-state index contributed by atoms with van der Waals surface area (Å²) in [5, 5.41) is 9.31. The van der Waals surface area contributed by atoms with E-state index in [-0.39, 0.29) is 0 Å². The van der Waals surface area contributed by atoms with Crippen molar-refractivity contribution in [1.82, 2.24) is 4.90 Å². The predicted molar refractivity (Wildman–Crippen MR) is 44.3 cm³/mol. The standard InChI is InChI=1S/C9H12NO/c1-10(2)7-8-5-3-4-6-9(8)11/h4-6,11H,7H2,1-2H3. The van der Waals surface area contributed by atoms with Crippen molar-refractivity contribution < 1.29 is 5.11 Å². The summed E-state index contributed by atoms with van der Waals surface area (Å²) < 4.78 is 0. The number of hydrogen-bond donors (Lipinski definition) is 1. The SMILES string of the molecule is CN(C)Cc1c[c]ccc1O.